The van der Waals surface area contributed by atoms with E-state index in [1.54, 1.807) is 18.9 Å². The van der Waals surface area contributed by atoms with E-state index in [1.165, 1.54) is 24.3 Å². The van der Waals surface area contributed by atoms with Gasteiger partial charge in [0.25, 0.3) is 5.91 Å². The minimum atomic E-state index is -0.602. The van der Waals surface area contributed by atoms with Crippen molar-refractivity contribution >= 4 is 5.91 Å². The Labute approximate surface area is 118 Å². The normalized spacial score (nSPS) is 18.0. The van der Waals surface area contributed by atoms with Crippen LogP contribution in [0.4, 0.5) is 4.39 Å². The molecule has 0 spiro atoms. The fraction of sp³-hybridized carbons (Fsp3) is 0.533. The molecule has 1 aliphatic rings. The van der Waals surface area contributed by atoms with Gasteiger partial charge in [-0.2, -0.15) is 0 Å². The van der Waals surface area contributed by atoms with Gasteiger partial charge in [-0.3, -0.25) is 4.79 Å². The minimum Gasteiger partial charge on any atom is -0.481 e. The third-order valence-corrected chi connectivity index (χ3v) is 3.37. The Balaban J connectivity index is 1.89. The zero-order chi connectivity index (χ0) is 14.8. The van der Waals surface area contributed by atoms with Gasteiger partial charge >= 0.3 is 0 Å². The van der Waals surface area contributed by atoms with Gasteiger partial charge in [0.1, 0.15) is 11.6 Å². The van der Waals surface area contributed by atoms with Crippen molar-refractivity contribution in [3.8, 4) is 5.75 Å². The molecule has 0 unspecified atom stereocenters. The average molecular weight is 281 g/mol. The second-order valence-corrected chi connectivity index (χ2v) is 5.71. The van der Waals surface area contributed by atoms with E-state index in [2.05, 4.69) is 6.92 Å². The summed E-state index contributed by atoms with van der Waals surface area (Å²) in [6.45, 7) is 5.78. The molecule has 0 aliphatic carbocycles. The van der Waals surface area contributed by atoms with E-state index >= 15 is 0 Å². The first-order valence-corrected chi connectivity index (χ1v) is 6.65. The molecule has 0 saturated carbocycles. The molecule has 0 aromatic heterocycles. The number of benzene rings is 1. The number of ether oxygens (including phenoxy) is 2. The third-order valence-electron chi connectivity index (χ3n) is 3.37. The van der Waals surface area contributed by atoms with Crippen molar-refractivity contribution in [2.24, 2.45) is 5.41 Å². The molecule has 1 atom stereocenters. The highest BCUT2D eigenvalue weighted by molar-refractivity contribution is 5.80. The van der Waals surface area contributed by atoms with Crippen LogP contribution in [0.25, 0.3) is 0 Å². The van der Waals surface area contributed by atoms with Crippen molar-refractivity contribution in [2.75, 3.05) is 26.8 Å². The number of hydrogen-bond acceptors (Lipinski definition) is 3. The van der Waals surface area contributed by atoms with Crippen molar-refractivity contribution in [1.82, 2.24) is 4.90 Å². The van der Waals surface area contributed by atoms with E-state index in [0.29, 0.717) is 25.5 Å². The van der Waals surface area contributed by atoms with E-state index in [9.17, 15) is 9.18 Å². The van der Waals surface area contributed by atoms with Gasteiger partial charge < -0.3 is 14.4 Å². The van der Waals surface area contributed by atoms with Gasteiger partial charge in [-0.05, 0) is 31.2 Å². The Hall–Kier alpha value is -1.62. The van der Waals surface area contributed by atoms with Gasteiger partial charge in [0.2, 0.25) is 0 Å². The number of carbonyl (C=O) groups excluding carboxylic acids is 1. The fourth-order valence-electron chi connectivity index (χ4n) is 2.27. The van der Waals surface area contributed by atoms with Crippen LogP contribution in [0.15, 0.2) is 24.3 Å². The van der Waals surface area contributed by atoms with Gasteiger partial charge in [0, 0.05) is 19.0 Å². The largest absolute Gasteiger partial charge is 0.481 e. The van der Waals surface area contributed by atoms with E-state index in [4.69, 9.17) is 9.47 Å². The number of likely N-dealkylation sites (N-methyl/N-ethyl adjacent to an activating group) is 1. The summed E-state index contributed by atoms with van der Waals surface area (Å²) in [6, 6.07) is 5.65. The summed E-state index contributed by atoms with van der Waals surface area (Å²) in [5.41, 5.74) is 0.0417. The van der Waals surface area contributed by atoms with E-state index < -0.39 is 6.10 Å². The summed E-state index contributed by atoms with van der Waals surface area (Å²) in [6.07, 6.45) is -0.602. The van der Waals surface area contributed by atoms with Gasteiger partial charge in [-0.25, -0.2) is 4.39 Å². The Morgan fingerprint density at radius 3 is 2.55 bits per heavy atom. The highest BCUT2D eigenvalue weighted by atomic mass is 19.1. The van der Waals surface area contributed by atoms with Crippen LogP contribution in [0.5, 0.6) is 5.75 Å². The van der Waals surface area contributed by atoms with Crippen molar-refractivity contribution < 1.29 is 18.7 Å². The maximum Gasteiger partial charge on any atom is 0.263 e. The maximum atomic E-state index is 12.8. The predicted octanol–water partition coefficient (Wildman–Crippen LogP) is 2.09. The van der Waals surface area contributed by atoms with Crippen LogP contribution < -0.4 is 4.74 Å². The molecule has 2 rings (SSSR count). The average Bonchev–Trinajstić information content (AvgIpc) is 2.38. The first-order valence-electron chi connectivity index (χ1n) is 6.65. The number of hydrogen-bond donors (Lipinski definition) is 0. The summed E-state index contributed by atoms with van der Waals surface area (Å²) in [5.74, 6) is 0.0626. The summed E-state index contributed by atoms with van der Waals surface area (Å²) in [7, 11) is 1.76. The van der Waals surface area contributed by atoms with E-state index in [-0.39, 0.29) is 17.1 Å². The molecular weight excluding hydrogens is 261 g/mol. The molecule has 4 nitrogen and oxygen atoms in total. The Morgan fingerprint density at radius 1 is 1.45 bits per heavy atom. The SMILES string of the molecule is C[C@@H](Oc1ccc(F)cc1)C(=O)N(C)CC1(C)COC1. The van der Waals surface area contributed by atoms with Crippen molar-refractivity contribution in [2.45, 2.75) is 20.0 Å². The first-order chi connectivity index (χ1) is 9.39. The molecule has 1 saturated heterocycles. The van der Waals surface area contributed by atoms with Crippen molar-refractivity contribution in [3.05, 3.63) is 30.1 Å². The van der Waals surface area contributed by atoms with Crippen LogP contribution >= 0.6 is 0 Å². The number of carbonyl (C=O) groups is 1. The smallest absolute Gasteiger partial charge is 0.263 e. The standard InChI is InChI=1S/C15H20FNO3/c1-11(20-13-6-4-12(16)5-7-13)14(18)17(3)8-15(2)9-19-10-15/h4-7,11H,8-10H2,1-3H3/t11-/m1/s1. The van der Waals surface area contributed by atoms with Crippen LogP contribution in [-0.4, -0.2) is 43.7 Å². The van der Waals surface area contributed by atoms with Crippen LogP contribution in [0, 0.1) is 11.2 Å². The summed E-state index contributed by atoms with van der Waals surface area (Å²) >= 11 is 0. The van der Waals surface area contributed by atoms with Gasteiger partial charge in [-0.15, -0.1) is 0 Å². The molecule has 1 amide bonds. The lowest BCUT2D eigenvalue weighted by Gasteiger charge is -2.41. The van der Waals surface area contributed by atoms with Gasteiger partial charge in [0.15, 0.2) is 6.10 Å². The van der Waals surface area contributed by atoms with Crippen molar-refractivity contribution in [3.63, 3.8) is 0 Å². The molecule has 1 aromatic rings. The molecular formula is C15H20FNO3. The molecule has 0 bridgehead atoms. The van der Waals surface area contributed by atoms with Gasteiger partial charge in [-0.1, -0.05) is 6.92 Å². The predicted molar refractivity (Wildman–Crippen MR) is 73.1 cm³/mol. The maximum absolute atomic E-state index is 12.8. The summed E-state index contributed by atoms with van der Waals surface area (Å²) < 4.78 is 23.5. The first kappa shape index (κ1) is 14.8. The summed E-state index contributed by atoms with van der Waals surface area (Å²) in [5, 5.41) is 0. The molecule has 0 radical (unpaired) electrons. The quantitative estimate of drug-likeness (QED) is 0.829. The molecule has 1 heterocycles. The molecule has 1 fully saturated rings. The lowest BCUT2D eigenvalue weighted by Crippen LogP contribution is -2.51. The highest BCUT2D eigenvalue weighted by Crippen LogP contribution is 2.27. The number of nitrogens with zero attached hydrogens (tertiary/aromatic N) is 1. The Morgan fingerprint density at radius 2 is 2.05 bits per heavy atom. The highest BCUT2D eigenvalue weighted by Gasteiger charge is 2.36. The molecule has 110 valence electrons. The van der Waals surface area contributed by atoms with Crippen LogP contribution in [-0.2, 0) is 9.53 Å². The molecule has 0 N–H and O–H groups in total. The topological polar surface area (TPSA) is 38.8 Å². The van der Waals surface area contributed by atoms with Crippen LogP contribution in [0.1, 0.15) is 13.8 Å². The lowest BCUT2D eigenvalue weighted by atomic mass is 9.88. The molecule has 1 aromatic carbocycles. The number of halogens is 1. The zero-order valence-corrected chi connectivity index (χ0v) is 12.1. The molecule has 20 heavy (non-hydrogen) atoms. The second kappa shape index (κ2) is 5.79. The third kappa shape index (κ3) is 3.48. The molecule has 5 heteroatoms. The Bertz CT molecular complexity index is 471. The van der Waals surface area contributed by atoms with Gasteiger partial charge in [0.05, 0.1) is 13.2 Å². The monoisotopic (exact) mass is 281 g/mol. The van der Waals surface area contributed by atoms with Crippen LogP contribution in [0.3, 0.4) is 0 Å². The second-order valence-electron chi connectivity index (χ2n) is 5.71. The molecule has 1 aliphatic heterocycles. The fourth-order valence-corrected chi connectivity index (χ4v) is 2.27. The van der Waals surface area contributed by atoms with E-state index in [0.717, 1.165) is 0 Å². The summed E-state index contributed by atoms with van der Waals surface area (Å²) in [4.78, 5) is 13.9. The minimum absolute atomic E-state index is 0.0417. The zero-order valence-electron chi connectivity index (χ0n) is 12.1. The lowest BCUT2D eigenvalue weighted by molar-refractivity contribution is -0.147. The van der Waals surface area contributed by atoms with Crippen LogP contribution in [0.2, 0.25) is 0 Å². The number of amides is 1. The van der Waals surface area contributed by atoms with E-state index in [1.807, 2.05) is 0 Å². The Kier molecular flexibility index (Phi) is 4.28. The number of rotatable bonds is 5. The van der Waals surface area contributed by atoms with Crippen molar-refractivity contribution in [1.29, 1.82) is 0 Å².